The van der Waals surface area contributed by atoms with Gasteiger partial charge < -0.3 is 10.1 Å². The van der Waals surface area contributed by atoms with Gasteiger partial charge in [-0.25, -0.2) is 0 Å². The first kappa shape index (κ1) is 16.3. The molecule has 1 aliphatic heterocycles. The van der Waals surface area contributed by atoms with Crippen LogP contribution < -0.4 is 10.1 Å². The molecule has 1 aliphatic rings. The second-order valence-corrected chi connectivity index (χ2v) is 6.32. The number of piperazine rings is 1. The van der Waals surface area contributed by atoms with Crippen molar-refractivity contribution in [2.45, 2.75) is 65.3 Å². The Labute approximate surface area is 129 Å². The minimum Gasteiger partial charge on any atom is -0.491 e. The quantitative estimate of drug-likeness (QED) is 0.868. The van der Waals surface area contributed by atoms with Crippen molar-refractivity contribution in [1.82, 2.24) is 10.2 Å². The molecule has 2 rings (SSSR count). The molecule has 1 heterocycles. The van der Waals surface area contributed by atoms with Gasteiger partial charge in [-0.3, -0.25) is 4.90 Å². The van der Waals surface area contributed by atoms with Gasteiger partial charge in [-0.1, -0.05) is 26.0 Å². The summed E-state index contributed by atoms with van der Waals surface area (Å²) in [5, 5.41) is 3.66. The maximum atomic E-state index is 5.81. The summed E-state index contributed by atoms with van der Waals surface area (Å²) in [6.07, 6.45) is 2.63. The minimum absolute atomic E-state index is 0.229. The van der Waals surface area contributed by atoms with Gasteiger partial charge in [-0.2, -0.15) is 0 Å². The van der Waals surface area contributed by atoms with E-state index in [-0.39, 0.29) is 6.10 Å². The van der Waals surface area contributed by atoms with Crippen molar-refractivity contribution in [2.75, 3.05) is 13.1 Å². The summed E-state index contributed by atoms with van der Waals surface area (Å²) in [6, 6.07) is 9.82. The summed E-state index contributed by atoms with van der Waals surface area (Å²) in [5.41, 5.74) is 1.35. The second kappa shape index (κ2) is 7.81. The van der Waals surface area contributed by atoms with Crippen molar-refractivity contribution in [1.29, 1.82) is 0 Å². The Morgan fingerprint density at radius 1 is 1.29 bits per heavy atom. The molecule has 1 aromatic carbocycles. The van der Waals surface area contributed by atoms with Crippen molar-refractivity contribution in [3.05, 3.63) is 29.8 Å². The fourth-order valence-electron chi connectivity index (χ4n) is 3.02. The average molecular weight is 290 g/mol. The van der Waals surface area contributed by atoms with Crippen LogP contribution in [0.25, 0.3) is 0 Å². The summed E-state index contributed by atoms with van der Waals surface area (Å²) < 4.78 is 5.81. The summed E-state index contributed by atoms with van der Waals surface area (Å²) in [4.78, 5) is 2.62. The van der Waals surface area contributed by atoms with Crippen LogP contribution in [0.3, 0.4) is 0 Å². The summed E-state index contributed by atoms with van der Waals surface area (Å²) in [7, 11) is 0. The Kier molecular flexibility index (Phi) is 6.07. The molecule has 0 amide bonds. The van der Waals surface area contributed by atoms with E-state index in [1.165, 1.54) is 18.4 Å². The lowest BCUT2D eigenvalue weighted by atomic mass is 10.0. The van der Waals surface area contributed by atoms with Crippen LogP contribution in [0.15, 0.2) is 24.3 Å². The Hall–Kier alpha value is -1.06. The zero-order chi connectivity index (χ0) is 15.2. The van der Waals surface area contributed by atoms with Crippen molar-refractivity contribution in [2.24, 2.45) is 0 Å². The minimum atomic E-state index is 0.229. The Balaban J connectivity index is 2.04. The number of benzene rings is 1. The first-order valence-corrected chi connectivity index (χ1v) is 8.35. The molecule has 0 aliphatic carbocycles. The van der Waals surface area contributed by atoms with E-state index in [2.05, 4.69) is 56.1 Å². The number of rotatable bonds is 6. The highest BCUT2D eigenvalue weighted by atomic mass is 16.5. The van der Waals surface area contributed by atoms with E-state index < -0.39 is 0 Å². The lowest BCUT2D eigenvalue weighted by Crippen LogP contribution is -2.55. The Bertz CT molecular complexity index is 433. The zero-order valence-electron chi connectivity index (χ0n) is 13.9. The van der Waals surface area contributed by atoms with Crippen LogP contribution in [0.4, 0.5) is 0 Å². The number of hydrogen-bond acceptors (Lipinski definition) is 3. The maximum absolute atomic E-state index is 5.81. The molecular formula is C18H30N2O. The molecule has 2 unspecified atom stereocenters. The normalized spacial score (nSPS) is 23.5. The summed E-state index contributed by atoms with van der Waals surface area (Å²) >= 11 is 0. The molecule has 0 saturated carbocycles. The van der Waals surface area contributed by atoms with Gasteiger partial charge in [-0.15, -0.1) is 0 Å². The molecule has 0 bridgehead atoms. The second-order valence-electron chi connectivity index (χ2n) is 6.32. The largest absolute Gasteiger partial charge is 0.491 e. The van der Waals surface area contributed by atoms with E-state index in [0.717, 1.165) is 25.4 Å². The van der Waals surface area contributed by atoms with Gasteiger partial charge in [0.25, 0.3) is 0 Å². The van der Waals surface area contributed by atoms with E-state index in [4.69, 9.17) is 4.74 Å². The van der Waals surface area contributed by atoms with E-state index in [1.807, 2.05) is 6.07 Å². The van der Waals surface area contributed by atoms with Gasteiger partial charge >= 0.3 is 0 Å². The van der Waals surface area contributed by atoms with Crippen LogP contribution >= 0.6 is 0 Å². The van der Waals surface area contributed by atoms with Gasteiger partial charge in [0.2, 0.25) is 0 Å². The molecule has 1 N–H and O–H groups in total. The molecule has 0 radical (unpaired) electrons. The average Bonchev–Trinajstić information content (AvgIpc) is 2.47. The lowest BCUT2D eigenvalue weighted by Gasteiger charge is -2.40. The SMILES string of the molecule is CCC1CN(Cc2cccc(OC(C)C)c2)C(CC)CN1. The molecule has 2 atom stereocenters. The van der Waals surface area contributed by atoms with Gasteiger partial charge in [0.1, 0.15) is 5.75 Å². The standard InChI is InChI=1S/C18H30N2O/c1-5-16-13-20(17(6-2)11-19-16)12-15-8-7-9-18(10-15)21-14(3)4/h7-10,14,16-17,19H,5-6,11-13H2,1-4H3. The van der Waals surface area contributed by atoms with Gasteiger partial charge in [0.05, 0.1) is 6.10 Å². The Morgan fingerprint density at radius 2 is 2.10 bits per heavy atom. The predicted octanol–water partition coefficient (Wildman–Crippen LogP) is 3.44. The smallest absolute Gasteiger partial charge is 0.120 e. The zero-order valence-corrected chi connectivity index (χ0v) is 13.9. The van der Waals surface area contributed by atoms with Crippen molar-refractivity contribution >= 4 is 0 Å². The molecule has 1 fully saturated rings. The third-order valence-electron chi connectivity index (χ3n) is 4.23. The summed E-state index contributed by atoms with van der Waals surface area (Å²) in [5.74, 6) is 0.984. The molecule has 21 heavy (non-hydrogen) atoms. The van der Waals surface area contributed by atoms with Crippen LogP contribution in [0.1, 0.15) is 46.1 Å². The van der Waals surface area contributed by atoms with E-state index in [0.29, 0.717) is 12.1 Å². The predicted molar refractivity (Wildman–Crippen MR) is 88.8 cm³/mol. The summed E-state index contributed by atoms with van der Waals surface area (Å²) in [6.45, 7) is 12.0. The molecule has 118 valence electrons. The maximum Gasteiger partial charge on any atom is 0.120 e. The van der Waals surface area contributed by atoms with Gasteiger partial charge in [0, 0.05) is 31.7 Å². The van der Waals surface area contributed by atoms with Gasteiger partial charge in [-0.05, 0) is 44.4 Å². The van der Waals surface area contributed by atoms with Crippen molar-refractivity contribution in [3.63, 3.8) is 0 Å². The number of nitrogens with zero attached hydrogens (tertiary/aromatic N) is 1. The molecule has 0 aromatic heterocycles. The molecule has 3 heteroatoms. The number of hydrogen-bond donors (Lipinski definition) is 1. The van der Waals surface area contributed by atoms with E-state index >= 15 is 0 Å². The number of ether oxygens (including phenoxy) is 1. The Morgan fingerprint density at radius 3 is 2.76 bits per heavy atom. The molecule has 1 aromatic rings. The van der Waals surface area contributed by atoms with Crippen LogP contribution in [0.2, 0.25) is 0 Å². The highest BCUT2D eigenvalue weighted by Gasteiger charge is 2.25. The first-order valence-electron chi connectivity index (χ1n) is 8.35. The highest BCUT2D eigenvalue weighted by molar-refractivity contribution is 5.28. The lowest BCUT2D eigenvalue weighted by molar-refractivity contribution is 0.117. The van der Waals surface area contributed by atoms with Crippen molar-refractivity contribution in [3.8, 4) is 5.75 Å². The molecule has 3 nitrogen and oxygen atoms in total. The fourth-order valence-corrected chi connectivity index (χ4v) is 3.02. The third kappa shape index (κ3) is 4.72. The van der Waals surface area contributed by atoms with E-state index in [1.54, 1.807) is 0 Å². The molecular weight excluding hydrogens is 260 g/mol. The molecule has 0 spiro atoms. The molecule has 1 saturated heterocycles. The fraction of sp³-hybridized carbons (Fsp3) is 0.667. The first-order chi connectivity index (χ1) is 10.1. The third-order valence-corrected chi connectivity index (χ3v) is 4.23. The van der Waals surface area contributed by atoms with Crippen LogP contribution in [0.5, 0.6) is 5.75 Å². The topological polar surface area (TPSA) is 24.5 Å². The van der Waals surface area contributed by atoms with Gasteiger partial charge in [0.15, 0.2) is 0 Å². The number of nitrogens with one attached hydrogen (secondary N) is 1. The van der Waals surface area contributed by atoms with Crippen LogP contribution in [0, 0.1) is 0 Å². The van der Waals surface area contributed by atoms with Crippen LogP contribution in [-0.4, -0.2) is 36.2 Å². The van der Waals surface area contributed by atoms with Crippen LogP contribution in [-0.2, 0) is 6.54 Å². The highest BCUT2D eigenvalue weighted by Crippen LogP contribution is 2.20. The van der Waals surface area contributed by atoms with E-state index in [9.17, 15) is 0 Å². The van der Waals surface area contributed by atoms with Crippen molar-refractivity contribution < 1.29 is 4.74 Å². The monoisotopic (exact) mass is 290 g/mol.